The molecule has 0 N–H and O–H groups in total. The van der Waals surface area contributed by atoms with E-state index in [1.165, 1.54) is 6.07 Å². The molecule has 8 heteroatoms. The van der Waals surface area contributed by atoms with Gasteiger partial charge in [0.1, 0.15) is 7.92 Å². The molecule has 42 heavy (non-hydrogen) atoms. The molecule has 0 nitrogen and oxygen atoms in total. The molecule has 0 unspecified atom stereocenters. The second-order valence-electron chi connectivity index (χ2n) is 9.64. The van der Waals surface area contributed by atoms with Gasteiger partial charge in [-0.2, -0.15) is 26.3 Å². The first-order valence-electron chi connectivity index (χ1n) is 13.0. The molecule has 0 aliphatic heterocycles. The maximum absolute atomic E-state index is 14.4. The Labute approximate surface area is 241 Å². The summed E-state index contributed by atoms with van der Waals surface area (Å²) < 4.78 is 86.5. The van der Waals surface area contributed by atoms with Gasteiger partial charge in [-0.25, -0.2) is 0 Å². The quantitative estimate of drug-likeness (QED) is 0.135. The number of benzene rings is 6. The number of fused-ring (bicyclic) bond motifs is 2. The van der Waals surface area contributed by atoms with Gasteiger partial charge in [-0.1, -0.05) is 133 Å². The number of halogens is 6. The van der Waals surface area contributed by atoms with E-state index in [0.717, 1.165) is 22.1 Å². The maximum atomic E-state index is 14.4. The van der Waals surface area contributed by atoms with Gasteiger partial charge in [-0.3, -0.25) is 0 Å². The van der Waals surface area contributed by atoms with Crippen LogP contribution >= 0.6 is 15.8 Å². The van der Waals surface area contributed by atoms with Crippen LogP contribution in [-0.2, 0) is 0 Å². The second kappa shape index (κ2) is 11.2. The Kier molecular flexibility index (Phi) is 7.55. The number of alkyl halides is 6. The van der Waals surface area contributed by atoms with Gasteiger partial charge >= 0.3 is 11.8 Å². The molecule has 0 atom stereocenters. The summed E-state index contributed by atoms with van der Waals surface area (Å²) in [5.41, 5.74) is 0.389. The summed E-state index contributed by atoms with van der Waals surface area (Å²) in [7, 11) is -5.91. The van der Waals surface area contributed by atoms with Crippen molar-refractivity contribution in [1.29, 1.82) is 0 Å². The van der Waals surface area contributed by atoms with Crippen LogP contribution in [0.15, 0.2) is 133 Å². The van der Waals surface area contributed by atoms with Gasteiger partial charge < -0.3 is 0 Å². The van der Waals surface area contributed by atoms with Crippen LogP contribution in [0.3, 0.4) is 0 Å². The van der Waals surface area contributed by atoms with E-state index in [9.17, 15) is 26.3 Å². The van der Waals surface area contributed by atoms with Gasteiger partial charge in [0.15, 0.2) is 0 Å². The molecule has 210 valence electrons. The lowest BCUT2D eigenvalue weighted by Crippen LogP contribution is -2.28. The van der Waals surface area contributed by atoms with Crippen LogP contribution in [-0.4, -0.2) is 11.8 Å². The number of hydrogen-bond acceptors (Lipinski definition) is 0. The van der Waals surface area contributed by atoms with Crippen LogP contribution in [0.5, 0.6) is 0 Å². The third-order valence-electron chi connectivity index (χ3n) is 7.08. The highest BCUT2D eigenvalue weighted by atomic mass is 31.1. The first kappa shape index (κ1) is 28.4. The minimum atomic E-state index is -5.49. The summed E-state index contributed by atoms with van der Waals surface area (Å²) in [6.45, 7) is 0. The van der Waals surface area contributed by atoms with E-state index < -0.39 is 33.0 Å². The smallest absolute Gasteiger partial charge is 0.166 e. The lowest BCUT2D eigenvalue weighted by atomic mass is 9.93. The summed E-state index contributed by atoms with van der Waals surface area (Å²) in [5.74, 6) is -11.0. The zero-order valence-corrected chi connectivity index (χ0v) is 23.7. The molecular weight excluding hydrogens is 584 g/mol. The molecule has 0 radical (unpaired) electrons. The second-order valence-corrected chi connectivity index (χ2v) is 14.0. The van der Waals surface area contributed by atoms with Crippen molar-refractivity contribution in [2.24, 2.45) is 0 Å². The van der Waals surface area contributed by atoms with Crippen molar-refractivity contribution < 1.29 is 26.3 Å². The first-order chi connectivity index (χ1) is 20.1. The average molecular weight is 606 g/mol. The lowest BCUT2D eigenvalue weighted by Gasteiger charge is -2.29. The Morgan fingerprint density at radius 3 is 1.21 bits per heavy atom. The van der Waals surface area contributed by atoms with E-state index in [0.29, 0.717) is 27.0 Å². The van der Waals surface area contributed by atoms with Crippen molar-refractivity contribution in [2.45, 2.75) is 11.8 Å². The predicted octanol–water partition coefficient (Wildman–Crippen LogP) is 9.56. The molecule has 0 fully saturated rings. The van der Waals surface area contributed by atoms with Crippen LogP contribution in [0.4, 0.5) is 26.3 Å². The van der Waals surface area contributed by atoms with Gasteiger partial charge in [-0.05, 0) is 56.5 Å². The van der Waals surface area contributed by atoms with Gasteiger partial charge in [0.2, 0.25) is 0 Å². The van der Waals surface area contributed by atoms with Crippen molar-refractivity contribution in [1.82, 2.24) is 0 Å². The molecule has 6 rings (SSSR count). The Morgan fingerprint density at radius 2 is 0.762 bits per heavy atom. The predicted molar refractivity (Wildman–Crippen MR) is 164 cm³/mol. The Bertz CT molecular complexity index is 1810. The van der Waals surface area contributed by atoms with Crippen LogP contribution in [0.25, 0.3) is 32.7 Å². The third-order valence-corrected chi connectivity index (χ3v) is 11.4. The SMILES string of the molecule is FC(F)(F)P(c1ccc2ccccc2c1-c1c(P(c2ccccc2)c2ccccc2)ccc2ccccc12)C(F)(F)F. The zero-order valence-electron chi connectivity index (χ0n) is 21.9. The largest absolute Gasteiger partial charge is 0.418 e. The molecule has 0 heterocycles. The fraction of sp³-hybridized carbons (Fsp3) is 0.0588. The van der Waals surface area contributed by atoms with E-state index in [4.69, 9.17) is 0 Å². The summed E-state index contributed by atoms with van der Waals surface area (Å²) >= 11 is 0. The average Bonchev–Trinajstić information content (AvgIpc) is 2.97. The van der Waals surface area contributed by atoms with Crippen molar-refractivity contribution in [3.63, 3.8) is 0 Å². The highest BCUT2D eigenvalue weighted by molar-refractivity contribution is 7.80. The van der Waals surface area contributed by atoms with Crippen LogP contribution < -0.4 is 21.2 Å². The Morgan fingerprint density at radius 1 is 0.381 bits per heavy atom. The topological polar surface area (TPSA) is 0 Å². The van der Waals surface area contributed by atoms with Crippen molar-refractivity contribution in [3.05, 3.63) is 133 Å². The summed E-state index contributed by atoms with van der Waals surface area (Å²) in [4.78, 5) is 0. The summed E-state index contributed by atoms with van der Waals surface area (Å²) in [5, 5.41) is 4.08. The maximum Gasteiger partial charge on any atom is 0.418 e. The molecule has 0 saturated carbocycles. The van der Waals surface area contributed by atoms with Crippen LogP contribution in [0.2, 0.25) is 0 Å². The van der Waals surface area contributed by atoms with E-state index >= 15 is 0 Å². The third kappa shape index (κ3) is 5.30. The first-order valence-corrected chi connectivity index (χ1v) is 15.7. The van der Waals surface area contributed by atoms with E-state index in [1.807, 2.05) is 84.9 Å². The van der Waals surface area contributed by atoms with Gasteiger partial charge in [-0.15, -0.1) is 0 Å². The molecular formula is C34H22F6P2. The minimum absolute atomic E-state index is 0.0139. The van der Waals surface area contributed by atoms with Crippen molar-refractivity contribution in [3.8, 4) is 11.1 Å². The normalized spacial score (nSPS) is 12.5. The van der Waals surface area contributed by atoms with Gasteiger partial charge in [0.25, 0.3) is 0 Å². The van der Waals surface area contributed by atoms with E-state index in [-0.39, 0.29) is 5.56 Å². The standard InChI is InChI=1S/C34H22F6P2/c35-33(36,37)42(34(38,39)40)30-22-20-24-12-8-10-18-28(24)32(30)31-27-17-9-7-11-23(27)19-21-29(31)41(25-13-3-1-4-14-25)26-15-5-2-6-16-26/h1-22H. The van der Waals surface area contributed by atoms with E-state index in [2.05, 4.69) is 0 Å². The van der Waals surface area contributed by atoms with Crippen molar-refractivity contribution >= 4 is 58.6 Å². The number of rotatable bonds is 5. The molecule has 0 aromatic heterocycles. The van der Waals surface area contributed by atoms with Crippen molar-refractivity contribution in [2.75, 3.05) is 0 Å². The fourth-order valence-electron chi connectivity index (χ4n) is 5.42. The Hall–Kier alpha value is -3.72. The molecule has 0 spiro atoms. The zero-order chi connectivity index (χ0) is 29.5. The monoisotopic (exact) mass is 606 g/mol. The molecule has 6 aromatic carbocycles. The minimum Gasteiger partial charge on any atom is -0.166 e. The lowest BCUT2D eigenvalue weighted by molar-refractivity contribution is -0.0811. The highest BCUT2D eigenvalue weighted by Gasteiger charge is 2.58. The molecule has 0 amide bonds. The fourth-order valence-corrected chi connectivity index (χ4v) is 9.40. The number of hydrogen-bond donors (Lipinski definition) is 0. The summed E-state index contributed by atoms with van der Waals surface area (Å²) in [6, 6.07) is 39.2. The Balaban J connectivity index is 1.81. The molecule has 0 aliphatic rings. The summed E-state index contributed by atoms with van der Waals surface area (Å²) in [6.07, 6.45) is 0. The molecule has 6 aromatic rings. The molecule has 0 aliphatic carbocycles. The van der Waals surface area contributed by atoms with E-state index in [1.54, 1.807) is 36.4 Å². The molecule has 0 saturated heterocycles. The molecule has 0 bridgehead atoms. The van der Waals surface area contributed by atoms with Gasteiger partial charge in [0.05, 0.1) is 0 Å². The van der Waals surface area contributed by atoms with Crippen LogP contribution in [0, 0.1) is 0 Å². The van der Waals surface area contributed by atoms with Gasteiger partial charge in [0, 0.05) is 5.30 Å². The van der Waals surface area contributed by atoms with Crippen LogP contribution in [0.1, 0.15) is 0 Å². The highest BCUT2D eigenvalue weighted by Crippen LogP contribution is 2.65.